The Kier molecular flexibility index (Phi) is 5.22. The van der Waals surface area contributed by atoms with Gasteiger partial charge in [-0.1, -0.05) is 27.7 Å². The minimum atomic E-state index is 0.645. The molecule has 1 aromatic heterocycles. The number of halogens is 1. The molecule has 100 valence electrons. The van der Waals surface area contributed by atoms with E-state index in [1.165, 1.54) is 0 Å². The lowest BCUT2D eigenvalue weighted by molar-refractivity contribution is 0.339. The predicted octanol–water partition coefficient (Wildman–Crippen LogP) is 4.03. The Balaban J connectivity index is 1.86. The molecule has 3 nitrogen and oxygen atoms in total. The summed E-state index contributed by atoms with van der Waals surface area (Å²) >= 11 is 5.08. The molecule has 0 saturated carbocycles. The standard InChI is InChI=1S/C14H15BrN2OS/c1-10-8-12(15)9-11(2)13(10)18-6-7-19-14-16-4-3-5-17-14/h3-5,8-9H,6-7H2,1-2H3. The van der Waals surface area contributed by atoms with Gasteiger partial charge in [-0.2, -0.15) is 0 Å². The van der Waals surface area contributed by atoms with Crippen LogP contribution in [-0.4, -0.2) is 22.3 Å². The second-order valence-corrected chi connectivity index (χ2v) is 6.07. The third kappa shape index (κ3) is 4.21. The minimum absolute atomic E-state index is 0.645. The molecule has 0 aliphatic carbocycles. The number of aryl methyl sites for hydroxylation is 2. The van der Waals surface area contributed by atoms with Crippen LogP contribution < -0.4 is 4.74 Å². The molecule has 0 saturated heterocycles. The van der Waals surface area contributed by atoms with Crippen LogP contribution in [-0.2, 0) is 0 Å². The van der Waals surface area contributed by atoms with E-state index in [0.717, 1.165) is 32.3 Å². The Morgan fingerprint density at radius 1 is 1.16 bits per heavy atom. The number of hydrogen-bond donors (Lipinski definition) is 0. The van der Waals surface area contributed by atoms with Crippen molar-refractivity contribution in [3.8, 4) is 5.75 Å². The Labute approximate surface area is 125 Å². The molecule has 19 heavy (non-hydrogen) atoms. The Hall–Kier alpha value is -1.07. The number of thioether (sulfide) groups is 1. The molecule has 2 rings (SSSR count). The fraction of sp³-hybridized carbons (Fsp3) is 0.286. The monoisotopic (exact) mass is 338 g/mol. The lowest BCUT2D eigenvalue weighted by Gasteiger charge is -2.12. The summed E-state index contributed by atoms with van der Waals surface area (Å²) in [6.45, 7) is 4.76. The van der Waals surface area contributed by atoms with Crippen LogP contribution >= 0.6 is 27.7 Å². The maximum absolute atomic E-state index is 5.85. The van der Waals surface area contributed by atoms with E-state index in [1.54, 1.807) is 24.2 Å². The van der Waals surface area contributed by atoms with E-state index in [1.807, 2.05) is 6.07 Å². The summed E-state index contributed by atoms with van der Waals surface area (Å²) in [5, 5.41) is 0.787. The molecule has 2 aromatic rings. The van der Waals surface area contributed by atoms with Gasteiger partial charge >= 0.3 is 0 Å². The first-order chi connectivity index (χ1) is 9.16. The summed E-state index contributed by atoms with van der Waals surface area (Å²) in [5.74, 6) is 1.80. The Morgan fingerprint density at radius 3 is 2.42 bits per heavy atom. The van der Waals surface area contributed by atoms with Crippen LogP contribution in [0.3, 0.4) is 0 Å². The molecule has 5 heteroatoms. The van der Waals surface area contributed by atoms with Gasteiger partial charge in [-0.05, 0) is 43.2 Å². The van der Waals surface area contributed by atoms with Crippen molar-refractivity contribution in [2.45, 2.75) is 19.0 Å². The predicted molar refractivity (Wildman–Crippen MR) is 81.9 cm³/mol. The van der Waals surface area contributed by atoms with E-state index in [9.17, 15) is 0 Å². The number of hydrogen-bond acceptors (Lipinski definition) is 4. The third-order valence-corrected chi connectivity index (χ3v) is 3.83. The van der Waals surface area contributed by atoms with E-state index in [2.05, 4.69) is 51.9 Å². The largest absolute Gasteiger partial charge is 0.492 e. The number of ether oxygens (including phenoxy) is 1. The van der Waals surface area contributed by atoms with Crippen molar-refractivity contribution in [1.82, 2.24) is 9.97 Å². The smallest absolute Gasteiger partial charge is 0.187 e. The second-order valence-electron chi connectivity index (χ2n) is 4.10. The van der Waals surface area contributed by atoms with Crippen molar-refractivity contribution in [2.75, 3.05) is 12.4 Å². The molecule has 0 aliphatic heterocycles. The van der Waals surface area contributed by atoms with Crippen molar-refractivity contribution in [1.29, 1.82) is 0 Å². The first-order valence-corrected chi connectivity index (χ1v) is 7.74. The summed E-state index contributed by atoms with van der Waals surface area (Å²) in [6, 6.07) is 5.95. The summed E-state index contributed by atoms with van der Waals surface area (Å²) in [5.41, 5.74) is 2.29. The van der Waals surface area contributed by atoms with Crippen molar-refractivity contribution in [3.63, 3.8) is 0 Å². The summed E-state index contributed by atoms with van der Waals surface area (Å²) in [4.78, 5) is 8.32. The molecule has 0 bridgehead atoms. The molecule has 1 aromatic carbocycles. The van der Waals surface area contributed by atoms with E-state index in [-0.39, 0.29) is 0 Å². The van der Waals surface area contributed by atoms with Crippen LogP contribution in [0, 0.1) is 13.8 Å². The Bertz CT molecular complexity index is 525. The third-order valence-electron chi connectivity index (χ3n) is 2.53. The van der Waals surface area contributed by atoms with Gasteiger partial charge in [-0.3, -0.25) is 0 Å². The normalized spacial score (nSPS) is 10.5. The highest BCUT2D eigenvalue weighted by Gasteiger charge is 2.05. The van der Waals surface area contributed by atoms with Gasteiger partial charge in [-0.25, -0.2) is 9.97 Å². The van der Waals surface area contributed by atoms with Gasteiger partial charge in [0.25, 0.3) is 0 Å². The summed E-state index contributed by atoms with van der Waals surface area (Å²) in [7, 11) is 0. The quantitative estimate of drug-likeness (QED) is 0.468. The first-order valence-electron chi connectivity index (χ1n) is 5.96. The molecule has 0 fully saturated rings. The van der Waals surface area contributed by atoms with Crippen LogP contribution in [0.5, 0.6) is 5.75 Å². The lowest BCUT2D eigenvalue weighted by Crippen LogP contribution is -2.03. The average molecular weight is 339 g/mol. The van der Waals surface area contributed by atoms with E-state index in [0.29, 0.717) is 6.61 Å². The SMILES string of the molecule is Cc1cc(Br)cc(C)c1OCCSc1ncccn1. The highest BCUT2D eigenvalue weighted by atomic mass is 79.9. The van der Waals surface area contributed by atoms with Crippen LogP contribution in [0.25, 0.3) is 0 Å². The van der Waals surface area contributed by atoms with Gasteiger partial charge in [0.15, 0.2) is 5.16 Å². The van der Waals surface area contributed by atoms with Crippen molar-refractivity contribution in [2.24, 2.45) is 0 Å². The van der Waals surface area contributed by atoms with E-state index < -0.39 is 0 Å². The minimum Gasteiger partial charge on any atom is -0.492 e. The zero-order valence-corrected chi connectivity index (χ0v) is 13.3. The molecule has 0 aliphatic rings. The van der Waals surface area contributed by atoms with Gasteiger partial charge in [0.1, 0.15) is 5.75 Å². The fourth-order valence-corrected chi connectivity index (χ4v) is 3.07. The zero-order valence-electron chi connectivity index (χ0n) is 10.9. The first kappa shape index (κ1) is 14.3. The Morgan fingerprint density at radius 2 is 1.79 bits per heavy atom. The zero-order chi connectivity index (χ0) is 13.7. The highest BCUT2D eigenvalue weighted by molar-refractivity contribution is 9.10. The number of rotatable bonds is 5. The van der Waals surface area contributed by atoms with Gasteiger partial charge in [-0.15, -0.1) is 0 Å². The van der Waals surface area contributed by atoms with Crippen LogP contribution in [0.15, 0.2) is 40.2 Å². The number of benzene rings is 1. The highest BCUT2D eigenvalue weighted by Crippen LogP contribution is 2.27. The van der Waals surface area contributed by atoms with Crippen molar-refractivity contribution in [3.05, 3.63) is 46.2 Å². The summed E-state index contributed by atoms with van der Waals surface area (Å²) in [6.07, 6.45) is 3.50. The molecule has 0 spiro atoms. The lowest BCUT2D eigenvalue weighted by atomic mass is 10.1. The van der Waals surface area contributed by atoms with Crippen LogP contribution in [0.1, 0.15) is 11.1 Å². The molecule has 0 unspecified atom stereocenters. The average Bonchev–Trinajstić information content (AvgIpc) is 2.38. The summed E-state index contributed by atoms with van der Waals surface area (Å²) < 4.78 is 6.93. The number of aromatic nitrogens is 2. The van der Waals surface area contributed by atoms with Gasteiger partial charge in [0, 0.05) is 22.6 Å². The van der Waals surface area contributed by atoms with Crippen LogP contribution in [0.4, 0.5) is 0 Å². The molecule has 0 amide bonds. The molecule has 1 heterocycles. The maximum atomic E-state index is 5.85. The number of nitrogens with zero attached hydrogens (tertiary/aromatic N) is 2. The molecule has 0 radical (unpaired) electrons. The van der Waals surface area contributed by atoms with E-state index >= 15 is 0 Å². The van der Waals surface area contributed by atoms with Crippen molar-refractivity contribution < 1.29 is 4.74 Å². The molecule has 0 N–H and O–H groups in total. The van der Waals surface area contributed by atoms with Crippen LogP contribution in [0.2, 0.25) is 0 Å². The molecular formula is C14H15BrN2OS. The topological polar surface area (TPSA) is 35.0 Å². The fourth-order valence-electron chi connectivity index (χ4n) is 1.76. The molecule has 0 atom stereocenters. The van der Waals surface area contributed by atoms with E-state index in [4.69, 9.17) is 4.74 Å². The molecular weight excluding hydrogens is 324 g/mol. The van der Waals surface area contributed by atoms with Gasteiger partial charge in [0.05, 0.1) is 6.61 Å². The van der Waals surface area contributed by atoms with Gasteiger partial charge < -0.3 is 4.74 Å². The van der Waals surface area contributed by atoms with Crippen molar-refractivity contribution >= 4 is 27.7 Å². The van der Waals surface area contributed by atoms with Gasteiger partial charge in [0.2, 0.25) is 0 Å². The maximum Gasteiger partial charge on any atom is 0.187 e. The second kappa shape index (κ2) is 6.91.